The van der Waals surface area contributed by atoms with E-state index in [1.165, 1.54) is 0 Å². The summed E-state index contributed by atoms with van der Waals surface area (Å²) in [7, 11) is 0.290. The van der Waals surface area contributed by atoms with Gasteiger partial charge in [0.05, 0.1) is 16.7 Å². The second-order valence-corrected chi connectivity index (χ2v) is 11.7. The van der Waals surface area contributed by atoms with Gasteiger partial charge in [0.25, 0.3) is 0 Å². The summed E-state index contributed by atoms with van der Waals surface area (Å²) in [6.07, 6.45) is 1.82. The first-order valence-electron chi connectivity index (χ1n) is 14.4. The van der Waals surface area contributed by atoms with Crippen LogP contribution in [0.15, 0.2) is 115 Å². The average Bonchev–Trinajstić information content (AvgIpc) is 3.03. The highest BCUT2D eigenvalue weighted by molar-refractivity contribution is 6.47. The number of aliphatic hydroxyl groups is 1. The maximum atomic E-state index is 10.7. The van der Waals surface area contributed by atoms with Gasteiger partial charge < -0.3 is 9.76 Å². The van der Waals surface area contributed by atoms with Crippen LogP contribution in [0.1, 0.15) is 27.7 Å². The van der Waals surface area contributed by atoms with Crippen molar-refractivity contribution in [3.05, 3.63) is 115 Å². The van der Waals surface area contributed by atoms with Crippen LogP contribution >= 0.6 is 0 Å². The normalized spacial score (nSPS) is 11.9. The molecule has 6 aromatic rings. The minimum Gasteiger partial charge on any atom is -0.427 e. The minimum absolute atomic E-state index is 0.290. The highest BCUT2D eigenvalue weighted by atomic mass is 16.5. The van der Waals surface area contributed by atoms with Gasteiger partial charge in [-0.1, -0.05) is 103 Å². The monoisotopic (exact) mass is 564 g/mol. The van der Waals surface area contributed by atoms with Crippen molar-refractivity contribution >= 4 is 23.8 Å². The van der Waals surface area contributed by atoms with E-state index in [0.29, 0.717) is 17.5 Å². The fraction of sp³-hybridized carbons (Fsp3) is 0.167. The molecule has 43 heavy (non-hydrogen) atoms. The molecule has 6 rings (SSSR count). The fourth-order valence-corrected chi connectivity index (χ4v) is 4.78. The van der Waals surface area contributed by atoms with Gasteiger partial charge in [0.1, 0.15) is 0 Å². The molecule has 7 heteroatoms. The van der Waals surface area contributed by atoms with Gasteiger partial charge in [-0.25, -0.2) is 15.0 Å². The molecule has 4 aromatic carbocycles. The highest BCUT2D eigenvalue weighted by Crippen LogP contribution is 2.31. The smallest absolute Gasteiger partial charge is 0.309 e. The molecule has 2 heterocycles. The summed E-state index contributed by atoms with van der Waals surface area (Å²) < 4.78 is 6.32. The summed E-state index contributed by atoms with van der Waals surface area (Å²) in [5.41, 5.74) is 4.67. The van der Waals surface area contributed by atoms with E-state index >= 15 is 0 Å². The Bertz CT molecular complexity index is 1820. The van der Waals surface area contributed by atoms with Gasteiger partial charge in [-0.05, 0) is 45.4 Å². The van der Waals surface area contributed by atoms with Gasteiger partial charge in [-0.2, -0.15) is 0 Å². The summed E-state index contributed by atoms with van der Waals surface area (Å²) in [6, 6.07) is 36.4. The number of pyridine rings is 1. The van der Waals surface area contributed by atoms with Crippen molar-refractivity contribution < 1.29 is 9.76 Å². The summed E-state index contributed by atoms with van der Waals surface area (Å²) in [5.74, 6) is 1.76. The Kier molecular flexibility index (Phi) is 7.61. The molecule has 0 fully saturated rings. The van der Waals surface area contributed by atoms with Crippen molar-refractivity contribution in [3.8, 4) is 45.3 Å². The Balaban J connectivity index is 1.54. The Labute approximate surface area is 252 Å². The molecule has 0 aliphatic heterocycles. The Morgan fingerprint density at radius 2 is 1.16 bits per heavy atom. The van der Waals surface area contributed by atoms with E-state index < -0.39 is 11.2 Å². The first kappa shape index (κ1) is 28.4. The van der Waals surface area contributed by atoms with Crippen molar-refractivity contribution in [3.63, 3.8) is 0 Å². The van der Waals surface area contributed by atoms with E-state index in [1.807, 2.05) is 92.8 Å². The summed E-state index contributed by atoms with van der Waals surface area (Å²) in [4.78, 5) is 19.5. The molecule has 212 valence electrons. The van der Waals surface area contributed by atoms with Gasteiger partial charge in [0.15, 0.2) is 17.5 Å². The molecule has 0 bridgehead atoms. The molecular formula is C36H33BN4O2. The maximum absolute atomic E-state index is 10.7. The average molecular weight is 564 g/mol. The second kappa shape index (κ2) is 11.5. The predicted octanol–water partition coefficient (Wildman–Crippen LogP) is 6.63. The summed E-state index contributed by atoms with van der Waals surface area (Å²) in [6.45, 7) is 7.32. The molecule has 0 amide bonds. The number of fused-ring (bicyclic) bond motifs is 1. The molecule has 0 unspecified atom stereocenters. The van der Waals surface area contributed by atoms with Crippen LogP contribution in [0.4, 0.5) is 0 Å². The summed E-state index contributed by atoms with van der Waals surface area (Å²) in [5, 5.41) is 11.8. The zero-order chi connectivity index (χ0) is 30.0. The zero-order valence-electron chi connectivity index (χ0n) is 24.8. The number of benzene rings is 4. The van der Waals surface area contributed by atoms with E-state index in [2.05, 4.69) is 36.4 Å². The third-order valence-electron chi connectivity index (χ3n) is 7.97. The molecule has 0 spiro atoms. The van der Waals surface area contributed by atoms with Crippen LogP contribution < -0.4 is 5.46 Å². The number of hydrogen-bond acceptors (Lipinski definition) is 6. The molecule has 0 aliphatic rings. The number of nitrogens with zero attached hydrogens (tertiary/aromatic N) is 4. The van der Waals surface area contributed by atoms with Crippen molar-refractivity contribution in [1.29, 1.82) is 0 Å². The molecular weight excluding hydrogens is 531 g/mol. The number of hydrogen-bond donors (Lipinski definition) is 1. The van der Waals surface area contributed by atoms with Crippen LogP contribution in [0.25, 0.3) is 56.2 Å². The van der Waals surface area contributed by atoms with Crippen LogP contribution in [-0.2, 0) is 4.65 Å². The largest absolute Gasteiger partial charge is 0.427 e. The lowest BCUT2D eigenvalue weighted by Gasteiger charge is -2.37. The molecule has 0 aliphatic carbocycles. The first-order valence-corrected chi connectivity index (χ1v) is 14.4. The molecule has 0 saturated heterocycles. The maximum Gasteiger partial charge on any atom is 0.309 e. The van der Waals surface area contributed by atoms with Crippen molar-refractivity contribution in [2.45, 2.75) is 38.9 Å². The quantitative estimate of drug-likeness (QED) is 0.209. The van der Waals surface area contributed by atoms with Gasteiger partial charge in [0, 0.05) is 33.8 Å². The van der Waals surface area contributed by atoms with E-state index in [0.717, 1.165) is 44.2 Å². The van der Waals surface area contributed by atoms with Crippen molar-refractivity contribution in [1.82, 2.24) is 19.9 Å². The van der Waals surface area contributed by atoms with Crippen molar-refractivity contribution in [2.75, 3.05) is 0 Å². The lowest BCUT2D eigenvalue weighted by Crippen LogP contribution is -2.49. The van der Waals surface area contributed by atoms with Gasteiger partial charge in [-0.3, -0.25) is 4.98 Å². The van der Waals surface area contributed by atoms with Crippen LogP contribution in [0.3, 0.4) is 0 Å². The molecule has 2 aromatic heterocycles. The lowest BCUT2D eigenvalue weighted by molar-refractivity contribution is -0.0893. The highest BCUT2D eigenvalue weighted by Gasteiger charge is 2.35. The zero-order valence-corrected chi connectivity index (χ0v) is 24.8. The van der Waals surface area contributed by atoms with Gasteiger partial charge in [0.2, 0.25) is 0 Å². The first-order chi connectivity index (χ1) is 20.7. The summed E-state index contributed by atoms with van der Waals surface area (Å²) >= 11 is 0. The minimum atomic E-state index is -1.03. The number of aromatic nitrogens is 4. The SMILES string of the molecule is CC(C)(O)C(C)(C)OBc1cc(-c2nc(-c3ccccc3)nc(-c3ccccc3)n2)cc(-c2cccc3cccnc23)c1. The van der Waals surface area contributed by atoms with Crippen LogP contribution in [0.2, 0.25) is 0 Å². The van der Waals surface area contributed by atoms with E-state index in [9.17, 15) is 5.11 Å². The van der Waals surface area contributed by atoms with Crippen molar-refractivity contribution in [2.24, 2.45) is 0 Å². The third kappa shape index (κ3) is 6.09. The van der Waals surface area contributed by atoms with Crippen LogP contribution in [-0.4, -0.2) is 43.7 Å². The fourth-order valence-electron chi connectivity index (χ4n) is 4.78. The van der Waals surface area contributed by atoms with E-state index in [1.54, 1.807) is 13.8 Å². The van der Waals surface area contributed by atoms with Crippen LogP contribution in [0, 0.1) is 0 Å². The number of rotatable bonds is 8. The molecule has 0 atom stereocenters. The molecule has 0 radical (unpaired) electrons. The van der Waals surface area contributed by atoms with Crippen LogP contribution in [0.5, 0.6) is 0 Å². The van der Waals surface area contributed by atoms with Gasteiger partial charge in [-0.15, -0.1) is 0 Å². The lowest BCUT2D eigenvalue weighted by atomic mass is 9.80. The number of para-hydroxylation sites is 1. The Morgan fingerprint density at radius 1 is 0.605 bits per heavy atom. The molecule has 1 N–H and O–H groups in total. The Hall–Kier alpha value is -4.72. The van der Waals surface area contributed by atoms with E-state index in [-0.39, 0.29) is 7.48 Å². The molecule has 0 saturated carbocycles. The Morgan fingerprint density at radius 3 is 1.77 bits per heavy atom. The van der Waals surface area contributed by atoms with Gasteiger partial charge >= 0.3 is 7.48 Å². The second-order valence-electron chi connectivity index (χ2n) is 11.7. The third-order valence-corrected chi connectivity index (χ3v) is 7.97. The van der Waals surface area contributed by atoms with E-state index in [4.69, 9.17) is 24.6 Å². The predicted molar refractivity (Wildman–Crippen MR) is 175 cm³/mol. The standard InChI is InChI=1S/C36H33BN4O2/c1-35(2,42)36(3,4)43-37-29-22-27(30-19-11-17-24-18-12-20-38-31(24)30)21-28(23-29)34-40-32(25-13-7-5-8-14-25)39-33(41-34)26-15-9-6-10-16-26/h5-23,37,42H,1-4H3. The molecule has 6 nitrogen and oxygen atoms in total. The topological polar surface area (TPSA) is 81.0 Å².